The molecule has 0 saturated heterocycles. The summed E-state index contributed by atoms with van der Waals surface area (Å²) in [4.78, 5) is 25.2. The minimum absolute atomic E-state index is 0.0711. The summed E-state index contributed by atoms with van der Waals surface area (Å²) in [5, 5.41) is 12.4. The average Bonchev–Trinajstić information content (AvgIpc) is 2.63. The molecule has 4 nitrogen and oxygen atoms in total. The number of carbonyl (C=O) groups is 2. The van der Waals surface area contributed by atoms with Crippen LogP contribution in [-0.2, 0) is 0 Å². The standard InChI is InChI=1S/C20H14FNO3/c21-14-11-9-13(10-12-14)19(24)15-5-1-2-6-16(15)20(25)22-17-7-3-4-8-18(17)23/h1-12,23H,(H,22,25). The molecule has 0 unspecified atom stereocenters. The van der Waals surface area contributed by atoms with Crippen molar-refractivity contribution in [3.8, 4) is 5.75 Å². The molecule has 0 aliphatic carbocycles. The number of aromatic hydroxyl groups is 1. The van der Waals surface area contributed by atoms with Crippen molar-refractivity contribution in [1.29, 1.82) is 0 Å². The highest BCUT2D eigenvalue weighted by atomic mass is 19.1. The maximum absolute atomic E-state index is 13.0. The van der Waals surface area contributed by atoms with Gasteiger partial charge in [-0.2, -0.15) is 0 Å². The highest BCUT2D eigenvalue weighted by Gasteiger charge is 2.18. The van der Waals surface area contributed by atoms with Gasteiger partial charge in [0.05, 0.1) is 11.3 Å². The maximum Gasteiger partial charge on any atom is 0.256 e. The second-order valence-electron chi connectivity index (χ2n) is 5.35. The molecule has 0 atom stereocenters. The van der Waals surface area contributed by atoms with Crippen LogP contribution in [0, 0.1) is 5.82 Å². The van der Waals surface area contributed by atoms with Gasteiger partial charge in [0.25, 0.3) is 5.91 Å². The molecule has 0 fully saturated rings. The van der Waals surface area contributed by atoms with E-state index in [1.165, 1.54) is 42.5 Å². The average molecular weight is 335 g/mol. The third-order valence-electron chi connectivity index (χ3n) is 3.67. The molecule has 0 spiro atoms. The Kier molecular flexibility index (Phi) is 4.57. The molecule has 5 heteroatoms. The fourth-order valence-corrected chi connectivity index (χ4v) is 2.40. The van der Waals surface area contributed by atoms with Crippen molar-refractivity contribution in [2.75, 3.05) is 5.32 Å². The number of phenols is 1. The summed E-state index contributed by atoms with van der Waals surface area (Å²) in [6.45, 7) is 0. The van der Waals surface area contributed by atoms with Crippen LogP contribution in [0.5, 0.6) is 5.75 Å². The number of nitrogens with one attached hydrogen (secondary N) is 1. The number of carbonyl (C=O) groups excluding carboxylic acids is 2. The summed E-state index contributed by atoms with van der Waals surface area (Å²) in [7, 11) is 0. The lowest BCUT2D eigenvalue weighted by Crippen LogP contribution is -2.17. The Morgan fingerprint density at radius 1 is 0.800 bits per heavy atom. The Morgan fingerprint density at radius 2 is 1.40 bits per heavy atom. The molecule has 0 aliphatic heterocycles. The summed E-state index contributed by atoms with van der Waals surface area (Å²) < 4.78 is 13.0. The fourth-order valence-electron chi connectivity index (χ4n) is 2.40. The molecule has 124 valence electrons. The van der Waals surface area contributed by atoms with Crippen molar-refractivity contribution in [2.24, 2.45) is 0 Å². The van der Waals surface area contributed by atoms with Crippen LogP contribution in [0.4, 0.5) is 10.1 Å². The van der Waals surface area contributed by atoms with Crippen molar-refractivity contribution in [3.63, 3.8) is 0 Å². The van der Waals surface area contributed by atoms with Crippen LogP contribution < -0.4 is 5.32 Å². The minimum Gasteiger partial charge on any atom is -0.506 e. The molecule has 3 aromatic rings. The normalized spacial score (nSPS) is 10.3. The molecule has 3 rings (SSSR count). The van der Waals surface area contributed by atoms with E-state index >= 15 is 0 Å². The molecule has 0 saturated carbocycles. The Balaban J connectivity index is 1.93. The van der Waals surface area contributed by atoms with Gasteiger partial charge in [0, 0.05) is 11.1 Å². The number of halogens is 1. The van der Waals surface area contributed by atoms with Gasteiger partial charge < -0.3 is 10.4 Å². The summed E-state index contributed by atoms with van der Waals surface area (Å²) in [6.07, 6.45) is 0. The Morgan fingerprint density at radius 3 is 2.08 bits per heavy atom. The van der Waals surface area contributed by atoms with Gasteiger partial charge in [-0.1, -0.05) is 30.3 Å². The smallest absolute Gasteiger partial charge is 0.256 e. The molecule has 0 aliphatic rings. The van der Waals surface area contributed by atoms with Crippen LogP contribution in [-0.4, -0.2) is 16.8 Å². The van der Waals surface area contributed by atoms with E-state index in [4.69, 9.17) is 0 Å². The van der Waals surface area contributed by atoms with Crippen LogP contribution >= 0.6 is 0 Å². The van der Waals surface area contributed by atoms with Crippen molar-refractivity contribution in [3.05, 3.63) is 95.3 Å². The molecule has 1 amide bonds. The number of anilines is 1. The molecule has 3 aromatic carbocycles. The minimum atomic E-state index is -0.521. The number of benzene rings is 3. The van der Waals surface area contributed by atoms with E-state index in [-0.39, 0.29) is 33.9 Å². The summed E-state index contributed by atoms with van der Waals surface area (Å²) >= 11 is 0. The van der Waals surface area contributed by atoms with E-state index < -0.39 is 11.7 Å². The SMILES string of the molecule is O=C(Nc1ccccc1O)c1ccccc1C(=O)c1ccc(F)cc1. The van der Waals surface area contributed by atoms with Gasteiger partial charge in [-0.25, -0.2) is 4.39 Å². The Labute approximate surface area is 143 Å². The Hall–Kier alpha value is -3.47. The van der Waals surface area contributed by atoms with Gasteiger partial charge in [-0.3, -0.25) is 9.59 Å². The van der Waals surface area contributed by atoms with E-state index in [9.17, 15) is 19.1 Å². The summed E-state index contributed by atoms with van der Waals surface area (Å²) in [5.74, 6) is -1.42. The largest absolute Gasteiger partial charge is 0.506 e. The number of amides is 1. The van der Waals surface area contributed by atoms with Gasteiger partial charge >= 0.3 is 0 Å². The lowest BCUT2D eigenvalue weighted by Gasteiger charge is -2.10. The van der Waals surface area contributed by atoms with E-state index in [1.54, 1.807) is 30.3 Å². The number of hydrogen-bond donors (Lipinski definition) is 2. The molecule has 0 aromatic heterocycles. The van der Waals surface area contributed by atoms with Crippen LogP contribution in [0.15, 0.2) is 72.8 Å². The van der Waals surface area contributed by atoms with Crippen molar-refractivity contribution in [1.82, 2.24) is 0 Å². The number of hydrogen-bond acceptors (Lipinski definition) is 3. The second-order valence-corrected chi connectivity index (χ2v) is 5.35. The topological polar surface area (TPSA) is 66.4 Å². The zero-order chi connectivity index (χ0) is 17.8. The zero-order valence-corrected chi connectivity index (χ0v) is 13.1. The third-order valence-corrected chi connectivity index (χ3v) is 3.67. The highest BCUT2D eigenvalue weighted by molar-refractivity contribution is 6.17. The second kappa shape index (κ2) is 6.97. The van der Waals surface area contributed by atoms with Gasteiger partial charge in [-0.15, -0.1) is 0 Å². The van der Waals surface area contributed by atoms with Crippen LogP contribution in [0.25, 0.3) is 0 Å². The number of para-hydroxylation sites is 2. The lowest BCUT2D eigenvalue weighted by molar-refractivity contribution is 0.0996. The van der Waals surface area contributed by atoms with Gasteiger partial charge in [0.2, 0.25) is 0 Å². The molecule has 0 bridgehead atoms. The fraction of sp³-hybridized carbons (Fsp3) is 0. The number of phenolic OH excluding ortho intramolecular Hbond substituents is 1. The van der Waals surface area contributed by atoms with E-state index in [2.05, 4.69) is 5.32 Å². The highest BCUT2D eigenvalue weighted by Crippen LogP contribution is 2.23. The van der Waals surface area contributed by atoms with E-state index in [0.717, 1.165) is 0 Å². The third kappa shape index (κ3) is 3.55. The lowest BCUT2D eigenvalue weighted by atomic mass is 9.98. The maximum atomic E-state index is 13.0. The Bertz CT molecular complexity index is 936. The first kappa shape index (κ1) is 16.4. The zero-order valence-electron chi connectivity index (χ0n) is 13.1. The molecule has 25 heavy (non-hydrogen) atoms. The first-order valence-electron chi connectivity index (χ1n) is 7.55. The van der Waals surface area contributed by atoms with Crippen LogP contribution in [0.2, 0.25) is 0 Å². The predicted octanol–water partition coefficient (Wildman–Crippen LogP) is 4.01. The van der Waals surface area contributed by atoms with Crippen LogP contribution in [0.3, 0.4) is 0 Å². The van der Waals surface area contributed by atoms with Gasteiger partial charge in [0.15, 0.2) is 5.78 Å². The summed E-state index contributed by atoms with van der Waals surface area (Å²) in [6, 6.07) is 17.8. The first-order valence-corrected chi connectivity index (χ1v) is 7.55. The number of ketones is 1. The van der Waals surface area contributed by atoms with Gasteiger partial charge in [0.1, 0.15) is 11.6 Å². The van der Waals surface area contributed by atoms with Crippen molar-refractivity contribution in [2.45, 2.75) is 0 Å². The van der Waals surface area contributed by atoms with Crippen LogP contribution in [0.1, 0.15) is 26.3 Å². The molecule has 0 radical (unpaired) electrons. The summed E-state index contributed by atoms with van der Waals surface area (Å²) in [5.41, 5.74) is 0.892. The first-order chi connectivity index (χ1) is 12.1. The number of rotatable bonds is 4. The molecule has 2 N–H and O–H groups in total. The van der Waals surface area contributed by atoms with Crippen molar-refractivity contribution >= 4 is 17.4 Å². The quantitative estimate of drug-likeness (QED) is 0.559. The molecular weight excluding hydrogens is 321 g/mol. The van der Waals surface area contributed by atoms with Gasteiger partial charge in [-0.05, 0) is 42.5 Å². The molecular formula is C20H14FNO3. The predicted molar refractivity (Wildman–Crippen MR) is 92.3 cm³/mol. The monoisotopic (exact) mass is 335 g/mol. The van der Waals surface area contributed by atoms with E-state index in [1.807, 2.05) is 0 Å². The van der Waals surface area contributed by atoms with Crippen molar-refractivity contribution < 1.29 is 19.1 Å². The molecule has 0 heterocycles. The van der Waals surface area contributed by atoms with E-state index in [0.29, 0.717) is 0 Å².